The third-order valence-corrected chi connectivity index (χ3v) is 3.08. The summed E-state index contributed by atoms with van der Waals surface area (Å²) in [5.74, 6) is -1.32. The molecular weight excluding hydrogens is 212 g/mol. The van der Waals surface area contributed by atoms with Gasteiger partial charge in [0.25, 0.3) is 0 Å². The highest BCUT2D eigenvalue weighted by atomic mass is 16.4. The second kappa shape index (κ2) is 4.29. The molecule has 6 heteroatoms. The standard InChI is InChI=1S/C10H18N2O4/c1-10(2,6-13)11(3)9(16)12-4-7(5-12)8(14)15/h7,13H,4-6H2,1-3H3,(H,14,15). The Morgan fingerprint density at radius 3 is 2.31 bits per heavy atom. The highest BCUT2D eigenvalue weighted by molar-refractivity contribution is 5.80. The zero-order valence-corrected chi connectivity index (χ0v) is 9.80. The van der Waals surface area contributed by atoms with Crippen LogP contribution in [0.2, 0.25) is 0 Å². The van der Waals surface area contributed by atoms with Gasteiger partial charge in [0.2, 0.25) is 0 Å². The first-order chi connectivity index (χ1) is 7.29. The Hall–Kier alpha value is -1.30. The van der Waals surface area contributed by atoms with E-state index in [-0.39, 0.29) is 25.7 Å². The highest BCUT2D eigenvalue weighted by Gasteiger charge is 2.39. The summed E-state index contributed by atoms with van der Waals surface area (Å²) < 4.78 is 0. The molecule has 0 atom stereocenters. The molecule has 0 saturated carbocycles. The number of carbonyl (C=O) groups excluding carboxylic acids is 1. The summed E-state index contributed by atoms with van der Waals surface area (Å²) in [6.07, 6.45) is 0. The van der Waals surface area contributed by atoms with Crippen LogP contribution in [0, 0.1) is 5.92 Å². The minimum absolute atomic E-state index is 0.133. The van der Waals surface area contributed by atoms with Crippen molar-refractivity contribution in [1.82, 2.24) is 9.80 Å². The van der Waals surface area contributed by atoms with Crippen LogP contribution in [-0.2, 0) is 4.79 Å². The molecule has 0 bridgehead atoms. The molecule has 1 fully saturated rings. The van der Waals surface area contributed by atoms with Gasteiger partial charge in [0.15, 0.2) is 0 Å². The van der Waals surface area contributed by atoms with Gasteiger partial charge in [-0.1, -0.05) is 0 Å². The van der Waals surface area contributed by atoms with E-state index in [1.165, 1.54) is 9.80 Å². The molecule has 0 aliphatic carbocycles. The topological polar surface area (TPSA) is 81.1 Å². The number of hydrogen-bond acceptors (Lipinski definition) is 3. The zero-order valence-electron chi connectivity index (χ0n) is 9.80. The van der Waals surface area contributed by atoms with Gasteiger partial charge in [-0.15, -0.1) is 0 Å². The summed E-state index contributed by atoms with van der Waals surface area (Å²) in [6.45, 7) is 3.87. The molecule has 1 heterocycles. The number of aliphatic hydroxyl groups excluding tert-OH is 1. The number of aliphatic hydroxyl groups is 1. The average Bonchev–Trinajstić information content (AvgIpc) is 2.13. The van der Waals surface area contributed by atoms with Crippen molar-refractivity contribution >= 4 is 12.0 Å². The van der Waals surface area contributed by atoms with Crippen LogP contribution >= 0.6 is 0 Å². The van der Waals surface area contributed by atoms with Crippen molar-refractivity contribution in [3.8, 4) is 0 Å². The summed E-state index contributed by atoms with van der Waals surface area (Å²) in [5.41, 5.74) is -0.634. The fraction of sp³-hybridized carbons (Fsp3) is 0.800. The number of nitrogens with zero attached hydrogens (tertiary/aromatic N) is 2. The first-order valence-electron chi connectivity index (χ1n) is 5.16. The molecule has 1 aliphatic rings. The van der Waals surface area contributed by atoms with Gasteiger partial charge < -0.3 is 20.0 Å². The van der Waals surface area contributed by atoms with E-state index in [1.54, 1.807) is 20.9 Å². The Labute approximate surface area is 94.4 Å². The minimum Gasteiger partial charge on any atom is -0.481 e. The number of amides is 2. The number of carboxylic acid groups (broad SMARTS) is 1. The lowest BCUT2D eigenvalue weighted by Crippen LogP contribution is -2.60. The van der Waals surface area contributed by atoms with E-state index in [0.29, 0.717) is 0 Å². The van der Waals surface area contributed by atoms with Crippen molar-refractivity contribution in [3.63, 3.8) is 0 Å². The first kappa shape index (κ1) is 12.8. The van der Waals surface area contributed by atoms with Crippen molar-refractivity contribution in [1.29, 1.82) is 0 Å². The quantitative estimate of drug-likeness (QED) is 0.705. The number of carbonyl (C=O) groups is 2. The number of likely N-dealkylation sites (tertiary alicyclic amines) is 1. The summed E-state index contributed by atoms with van der Waals surface area (Å²) in [4.78, 5) is 25.3. The maximum absolute atomic E-state index is 11.8. The maximum Gasteiger partial charge on any atom is 0.320 e. The van der Waals surface area contributed by atoms with Crippen LogP contribution in [0.25, 0.3) is 0 Å². The van der Waals surface area contributed by atoms with Crippen LogP contribution in [0.1, 0.15) is 13.8 Å². The third kappa shape index (κ3) is 2.27. The second-order valence-electron chi connectivity index (χ2n) is 4.75. The molecule has 0 aromatic carbocycles. The Balaban J connectivity index is 2.52. The fourth-order valence-electron chi connectivity index (χ4n) is 1.37. The molecule has 1 saturated heterocycles. The number of aliphatic carboxylic acids is 1. The summed E-state index contributed by atoms with van der Waals surface area (Å²) in [6, 6.07) is -0.239. The smallest absolute Gasteiger partial charge is 0.320 e. The third-order valence-electron chi connectivity index (χ3n) is 3.08. The Kier molecular flexibility index (Phi) is 3.42. The predicted octanol–water partition coefficient (Wildman–Crippen LogP) is -0.175. The van der Waals surface area contributed by atoms with Gasteiger partial charge in [-0.25, -0.2) is 4.79 Å². The van der Waals surface area contributed by atoms with Crippen molar-refractivity contribution in [3.05, 3.63) is 0 Å². The fourth-order valence-corrected chi connectivity index (χ4v) is 1.37. The summed E-state index contributed by atoms with van der Waals surface area (Å²) in [5, 5.41) is 17.8. The van der Waals surface area contributed by atoms with Crippen LogP contribution in [0.3, 0.4) is 0 Å². The van der Waals surface area contributed by atoms with E-state index in [2.05, 4.69) is 0 Å². The Bertz CT molecular complexity index is 297. The second-order valence-corrected chi connectivity index (χ2v) is 4.75. The van der Waals surface area contributed by atoms with Crippen molar-refractivity contribution in [2.45, 2.75) is 19.4 Å². The van der Waals surface area contributed by atoms with Gasteiger partial charge in [0.05, 0.1) is 18.1 Å². The molecule has 0 spiro atoms. The van der Waals surface area contributed by atoms with Gasteiger partial charge >= 0.3 is 12.0 Å². The van der Waals surface area contributed by atoms with Crippen molar-refractivity contribution in [2.24, 2.45) is 5.92 Å². The van der Waals surface area contributed by atoms with Crippen LogP contribution in [-0.4, -0.2) is 64.3 Å². The average molecular weight is 230 g/mol. The lowest BCUT2D eigenvalue weighted by atomic mass is 10.0. The molecule has 2 amide bonds. The zero-order chi connectivity index (χ0) is 12.5. The van der Waals surface area contributed by atoms with Gasteiger partial charge in [0, 0.05) is 20.1 Å². The normalized spacial score (nSPS) is 16.9. The monoisotopic (exact) mass is 230 g/mol. The van der Waals surface area contributed by atoms with Crippen LogP contribution < -0.4 is 0 Å². The lowest BCUT2D eigenvalue weighted by molar-refractivity contribution is -0.146. The summed E-state index contributed by atoms with van der Waals surface area (Å²) in [7, 11) is 1.60. The van der Waals surface area contributed by atoms with E-state index in [0.717, 1.165) is 0 Å². The predicted molar refractivity (Wildman–Crippen MR) is 57.0 cm³/mol. The number of urea groups is 1. The lowest BCUT2D eigenvalue weighted by Gasteiger charge is -2.43. The Morgan fingerprint density at radius 2 is 1.94 bits per heavy atom. The molecular formula is C10H18N2O4. The SMILES string of the molecule is CN(C(=O)N1CC(C(=O)O)C1)C(C)(C)CO. The first-order valence-corrected chi connectivity index (χ1v) is 5.16. The van der Waals surface area contributed by atoms with E-state index in [4.69, 9.17) is 10.2 Å². The van der Waals surface area contributed by atoms with E-state index in [9.17, 15) is 9.59 Å². The van der Waals surface area contributed by atoms with Crippen LogP contribution in [0.4, 0.5) is 4.79 Å². The van der Waals surface area contributed by atoms with Gasteiger partial charge in [-0.05, 0) is 13.8 Å². The molecule has 0 aromatic heterocycles. The molecule has 1 rings (SSSR count). The van der Waals surface area contributed by atoms with Crippen LogP contribution in [0.15, 0.2) is 0 Å². The van der Waals surface area contributed by atoms with Crippen molar-refractivity contribution < 1.29 is 19.8 Å². The highest BCUT2D eigenvalue weighted by Crippen LogP contribution is 2.20. The van der Waals surface area contributed by atoms with Gasteiger partial charge in [-0.3, -0.25) is 4.79 Å². The van der Waals surface area contributed by atoms with E-state index < -0.39 is 17.4 Å². The van der Waals surface area contributed by atoms with Gasteiger partial charge in [0.1, 0.15) is 0 Å². The molecule has 0 aromatic rings. The number of hydrogen-bond donors (Lipinski definition) is 2. The van der Waals surface area contributed by atoms with E-state index >= 15 is 0 Å². The number of rotatable bonds is 3. The number of carboxylic acids is 1. The van der Waals surface area contributed by atoms with E-state index in [1.807, 2.05) is 0 Å². The Morgan fingerprint density at radius 1 is 1.44 bits per heavy atom. The molecule has 16 heavy (non-hydrogen) atoms. The van der Waals surface area contributed by atoms with Gasteiger partial charge in [-0.2, -0.15) is 0 Å². The van der Waals surface area contributed by atoms with Crippen LogP contribution in [0.5, 0.6) is 0 Å². The molecule has 6 nitrogen and oxygen atoms in total. The molecule has 1 aliphatic heterocycles. The molecule has 2 N–H and O–H groups in total. The molecule has 92 valence electrons. The summed E-state index contributed by atoms with van der Waals surface area (Å²) >= 11 is 0. The number of likely N-dealkylation sites (N-methyl/N-ethyl adjacent to an activating group) is 1. The maximum atomic E-state index is 11.8. The largest absolute Gasteiger partial charge is 0.481 e. The molecule has 0 radical (unpaired) electrons. The minimum atomic E-state index is -0.867. The molecule has 0 unspecified atom stereocenters. The van der Waals surface area contributed by atoms with Crippen molar-refractivity contribution in [2.75, 3.05) is 26.7 Å².